The average molecular weight is 430 g/mol. The normalized spacial score (nSPS) is 17.7. The molecule has 3 aromatic rings. The van der Waals surface area contributed by atoms with E-state index in [1.807, 2.05) is 24.3 Å². The number of carbonyl (C=O) groups is 1. The van der Waals surface area contributed by atoms with E-state index in [9.17, 15) is 22.0 Å². The van der Waals surface area contributed by atoms with Crippen LogP contribution in [0.3, 0.4) is 0 Å². The molecule has 4 rings (SSSR count). The first kappa shape index (κ1) is 20.4. The average Bonchev–Trinajstić information content (AvgIpc) is 2.76. The van der Waals surface area contributed by atoms with Crippen LogP contribution < -0.4 is 5.32 Å². The number of nitrogens with one attached hydrogen (secondary N) is 1. The number of fused-ring (bicyclic) bond motifs is 1. The molecular formula is C22H20F2N2O3S. The summed E-state index contributed by atoms with van der Waals surface area (Å²) in [5, 5.41) is 4.31. The van der Waals surface area contributed by atoms with Crippen LogP contribution in [0.1, 0.15) is 12.8 Å². The molecule has 5 nitrogen and oxygen atoms in total. The van der Waals surface area contributed by atoms with E-state index >= 15 is 0 Å². The van der Waals surface area contributed by atoms with Gasteiger partial charge < -0.3 is 5.32 Å². The highest BCUT2D eigenvalue weighted by Crippen LogP contribution is 2.27. The Labute approximate surface area is 173 Å². The Morgan fingerprint density at radius 3 is 2.50 bits per heavy atom. The zero-order valence-electron chi connectivity index (χ0n) is 16.0. The maximum atomic E-state index is 13.4. The summed E-state index contributed by atoms with van der Waals surface area (Å²) in [6, 6.07) is 15.6. The highest BCUT2D eigenvalue weighted by Gasteiger charge is 2.33. The number of halogens is 2. The summed E-state index contributed by atoms with van der Waals surface area (Å²) in [6.07, 6.45) is 1.04. The number of anilines is 1. The Morgan fingerprint density at radius 2 is 1.73 bits per heavy atom. The highest BCUT2D eigenvalue weighted by atomic mass is 32.2. The van der Waals surface area contributed by atoms with Crippen LogP contribution in [-0.4, -0.2) is 31.7 Å². The minimum atomic E-state index is -3.76. The first-order valence-electron chi connectivity index (χ1n) is 9.59. The molecule has 1 fully saturated rings. The van der Waals surface area contributed by atoms with Crippen LogP contribution in [0.15, 0.2) is 65.6 Å². The van der Waals surface area contributed by atoms with Gasteiger partial charge >= 0.3 is 0 Å². The van der Waals surface area contributed by atoms with Crippen LogP contribution in [0, 0.1) is 17.6 Å². The molecule has 1 amide bonds. The molecule has 0 aromatic heterocycles. The van der Waals surface area contributed by atoms with Gasteiger partial charge in [0.2, 0.25) is 15.9 Å². The van der Waals surface area contributed by atoms with Gasteiger partial charge in [-0.25, -0.2) is 17.2 Å². The van der Waals surface area contributed by atoms with Crippen LogP contribution in [0.4, 0.5) is 14.5 Å². The van der Waals surface area contributed by atoms with Gasteiger partial charge in [0.1, 0.15) is 0 Å². The lowest BCUT2D eigenvalue weighted by atomic mass is 9.98. The minimum Gasteiger partial charge on any atom is -0.326 e. The second-order valence-corrected chi connectivity index (χ2v) is 9.27. The van der Waals surface area contributed by atoms with E-state index in [-0.39, 0.29) is 17.1 Å². The molecule has 0 radical (unpaired) electrons. The lowest BCUT2D eigenvalue weighted by molar-refractivity contribution is -0.120. The van der Waals surface area contributed by atoms with Crippen molar-refractivity contribution in [2.24, 2.45) is 5.92 Å². The summed E-state index contributed by atoms with van der Waals surface area (Å²) in [5.74, 6) is -3.06. The molecular weight excluding hydrogens is 410 g/mol. The van der Waals surface area contributed by atoms with Crippen LogP contribution in [0.5, 0.6) is 0 Å². The molecule has 30 heavy (non-hydrogen) atoms. The van der Waals surface area contributed by atoms with Crippen molar-refractivity contribution in [3.8, 4) is 0 Å². The van der Waals surface area contributed by atoms with Crippen molar-refractivity contribution in [3.05, 3.63) is 72.3 Å². The molecule has 1 N–H and O–H groups in total. The van der Waals surface area contributed by atoms with Gasteiger partial charge in [0.05, 0.1) is 10.8 Å². The van der Waals surface area contributed by atoms with Crippen molar-refractivity contribution in [1.29, 1.82) is 0 Å². The van der Waals surface area contributed by atoms with Gasteiger partial charge in [-0.1, -0.05) is 30.3 Å². The van der Waals surface area contributed by atoms with Crippen LogP contribution in [0.25, 0.3) is 10.8 Å². The fourth-order valence-electron chi connectivity index (χ4n) is 3.67. The second-order valence-electron chi connectivity index (χ2n) is 7.33. The Kier molecular flexibility index (Phi) is 5.53. The number of nitrogens with zero attached hydrogens (tertiary/aromatic N) is 1. The van der Waals surface area contributed by atoms with E-state index in [4.69, 9.17) is 0 Å². The molecule has 0 aliphatic carbocycles. The van der Waals surface area contributed by atoms with Crippen molar-refractivity contribution < 1.29 is 22.0 Å². The Hall–Kier alpha value is -2.84. The van der Waals surface area contributed by atoms with Gasteiger partial charge in [-0.3, -0.25) is 4.79 Å². The summed E-state index contributed by atoms with van der Waals surface area (Å²) in [5.41, 5.74) is 0.133. The van der Waals surface area contributed by atoms with Crippen molar-refractivity contribution in [2.45, 2.75) is 17.7 Å². The number of amides is 1. The van der Waals surface area contributed by atoms with E-state index in [1.54, 1.807) is 18.2 Å². The largest absolute Gasteiger partial charge is 0.326 e. The van der Waals surface area contributed by atoms with Crippen LogP contribution >= 0.6 is 0 Å². The summed E-state index contributed by atoms with van der Waals surface area (Å²) in [7, 11) is -3.76. The molecule has 1 atom stereocenters. The molecule has 0 saturated carbocycles. The number of hydrogen-bond acceptors (Lipinski definition) is 3. The molecule has 3 aromatic carbocycles. The van der Waals surface area contributed by atoms with Crippen LogP contribution in [-0.2, 0) is 14.8 Å². The molecule has 8 heteroatoms. The predicted octanol–water partition coefficient (Wildman–Crippen LogP) is 4.16. The van der Waals surface area contributed by atoms with Gasteiger partial charge in [-0.2, -0.15) is 4.31 Å². The standard InChI is InChI=1S/C22H20F2N2O3S/c23-20-10-8-18(13-21(20)24)25-22(27)17-6-3-11-26(14-17)30(28,29)19-9-7-15-4-1-2-5-16(15)12-19/h1-2,4-5,7-10,12-13,17H,3,6,11,14H2,(H,25,27)/t17-/m1/s1. The predicted molar refractivity (Wildman–Crippen MR) is 110 cm³/mol. The van der Waals surface area contributed by atoms with Gasteiger partial charge in [0.25, 0.3) is 0 Å². The van der Waals surface area contributed by atoms with Gasteiger partial charge in [-0.15, -0.1) is 0 Å². The Bertz CT molecular complexity index is 1210. The van der Waals surface area contributed by atoms with Gasteiger partial charge in [-0.05, 0) is 47.9 Å². The van der Waals surface area contributed by atoms with Crippen molar-refractivity contribution in [1.82, 2.24) is 4.31 Å². The summed E-state index contributed by atoms with van der Waals surface area (Å²) >= 11 is 0. The zero-order valence-corrected chi connectivity index (χ0v) is 16.8. The topological polar surface area (TPSA) is 66.5 Å². The first-order chi connectivity index (χ1) is 14.3. The molecule has 156 valence electrons. The van der Waals surface area contributed by atoms with Crippen LogP contribution in [0.2, 0.25) is 0 Å². The molecule has 0 unspecified atom stereocenters. The first-order valence-corrected chi connectivity index (χ1v) is 11.0. The molecule has 1 heterocycles. The Morgan fingerprint density at radius 1 is 0.967 bits per heavy atom. The molecule has 1 aliphatic heterocycles. The number of sulfonamides is 1. The zero-order chi connectivity index (χ0) is 21.3. The molecule has 1 saturated heterocycles. The van der Waals surface area contributed by atoms with Crippen molar-refractivity contribution >= 4 is 32.4 Å². The monoisotopic (exact) mass is 430 g/mol. The molecule has 0 bridgehead atoms. The third kappa shape index (κ3) is 4.06. The summed E-state index contributed by atoms with van der Waals surface area (Å²) in [6.45, 7) is 0.356. The Balaban J connectivity index is 1.51. The van der Waals surface area contributed by atoms with E-state index in [2.05, 4.69) is 5.32 Å². The van der Waals surface area contributed by atoms with E-state index < -0.39 is 33.5 Å². The maximum absolute atomic E-state index is 13.4. The molecule has 1 aliphatic rings. The lowest BCUT2D eigenvalue weighted by Gasteiger charge is -2.31. The smallest absolute Gasteiger partial charge is 0.243 e. The van der Waals surface area contributed by atoms with Crippen molar-refractivity contribution in [3.63, 3.8) is 0 Å². The lowest BCUT2D eigenvalue weighted by Crippen LogP contribution is -2.43. The number of benzene rings is 3. The quantitative estimate of drug-likeness (QED) is 0.676. The van der Waals surface area contributed by atoms with Gasteiger partial charge in [0, 0.05) is 24.8 Å². The van der Waals surface area contributed by atoms with E-state index in [1.165, 1.54) is 10.4 Å². The SMILES string of the molecule is O=C(Nc1ccc(F)c(F)c1)[C@@H]1CCCN(S(=O)(=O)c2ccc3ccccc3c2)C1. The molecule has 0 spiro atoms. The minimum absolute atomic E-state index is 0.0324. The summed E-state index contributed by atoms with van der Waals surface area (Å²) in [4.78, 5) is 12.8. The fourth-order valence-corrected chi connectivity index (χ4v) is 5.23. The van der Waals surface area contributed by atoms with E-state index in [0.717, 1.165) is 22.9 Å². The van der Waals surface area contributed by atoms with Crippen molar-refractivity contribution in [2.75, 3.05) is 18.4 Å². The third-order valence-corrected chi connectivity index (χ3v) is 7.16. The fraction of sp³-hybridized carbons (Fsp3) is 0.227. The van der Waals surface area contributed by atoms with Gasteiger partial charge in [0.15, 0.2) is 11.6 Å². The second kappa shape index (κ2) is 8.12. The number of carbonyl (C=O) groups excluding carboxylic acids is 1. The highest BCUT2D eigenvalue weighted by molar-refractivity contribution is 7.89. The number of rotatable bonds is 4. The number of hydrogen-bond donors (Lipinski definition) is 1. The summed E-state index contributed by atoms with van der Waals surface area (Å²) < 4.78 is 54.0. The number of piperidine rings is 1. The maximum Gasteiger partial charge on any atom is 0.243 e. The van der Waals surface area contributed by atoms with E-state index in [0.29, 0.717) is 19.4 Å². The third-order valence-electron chi connectivity index (χ3n) is 5.30.